The van der Waals surface area contributed by atoms with Gasteiger partial charge in [-0.2, -0.15) is 0 Å². The van der Waals surface area contributed by atoms with Gasteiger partial charge in [0.25, 0.3) is 0 Å². The van der Waals surface area contributed by atoms with Crippen LogP contribution in [-0.4, -0.2) is 9.13 Å². The largest absolute Gasteiger partial charge is 0.309 e. The molecule has 2 aliphatic carbocycles. The molecule has 2 aliphatic rings. The van der Waals surface area contributed by atoms with Crippen LogP contribution in [0.3, 0.4) is 0 Å². The summed E-state index contributed by atoms with van der Waals surface area (Å²) >= 11 is 0. The fourth-order valence-corrected chi connectivity index (χ4v) is 12.6. The van der Waals surface area contributed by atoms with Crippen LogP contribution in [0.4, 0.5) is 0 Å². The smallest absolute Gasteiger partial charge is 0.0727 e. The Balaban J connectivity index is 1.03. The van der Waals surface area contributed by atoms with Crippen molar-refractivity contribution in [3.8, 4) is 55.9 Å². The normalized spacial score (nSPS) is 13.2. The lowest BCUT2D eigenvalue weighted by Crippen LogP contribution is -2.26. The number of hydrogen-bond acceptors (Lipinski definition) is 0. The van der Waals surface area contributed by atoms with Crippen molar-refractivity contribution >= 4 is 43.6 Å². The molecule has 67 heavy (non-hydrogen) atoms. The van der Waals surface area contributed by atoms with E-state index < -0.39 is 5.41 Å². The zero-order valence-corrected chi connectivity index (χ0v) is 38.0. The first-order valence-corrected chi connectivity index (χ1v) is 23.6. The monoisotopic (exact) mass is 854 g/mol. The quantitative estimate of drug-likeness (QED) is 0.167. The van der Waals surface area contributed by atoms with Gasteiger partial charge in [0, 0.05) is 32.9 Å². The maximum absolute atomic E-state index is 2.53. The van der Waals surface area contributed by atoms with Gasteiger partial charge >= 0.3 is 0 Å². The average Bonchev–Trinajstić information content (AvgIpc) is 4.06. The minimum atomic E-state index is -0.538. The summed E-state index contributed by atoms with van der Waals surface area (Å²) in [4.78, 5) is 0. The summed E-state index contributed by atoms with van der Waals surface area (Å²) < 4.78 is 5.03. The Morgan fingerprint density at radius 3 is 1.12 bits per heavy atom. The number of rotatable bonds is 4. The molecule has 0 N–H and O–H groups in total. The van der Waals surface area contributed by atoms with Gasteiger partial charge in [-0.15, -0.1) is 0 Å². The van der Waals surface area contributed by atoms with Gasteiger partial charge in [-0.3, -0.25) is 0 Å². The summed E-state index contributed by atoms with van der Waals surface area (Å²) in [6.07, 6.45) is 0. The molecule has 2 nitrogen and oxygen atoms in total. The summed E-state index contributed by atoms with van der Waals surface area (Å²) in [5, 5.41) is 5.17. The van der Waals surface area contributed by atoms with E-state index in [1.165, 1.54) is 144 Å². The molecule has 0 fully saturated rings. The minimum absolute atomic E-state index is 0.538. The maximum Gasteiger partial charge on any atom is 0.0727 e. The van der Waals surface area contributed by atoms with Gasteiger partial charge in [-0.25, -0.2) is 0 Å². The lowest BCUT2D eigenvalue weighted by Gasteiger charge is -2.31. The molecule has 0 unspecified atom stereocenters. The van der Waals surface area contributed by atoms with E-state index in [1.54, 1.807) is 0 Å². The zero-order valence-electron chi connectivity index (χ0n) is 38.0. The van der Waals surface area contributed by atoms with Crippen LogP contribution >= 0.6 is 0 Å². The number of aromatic nitrogens is 2. The Morgan fingerprint density at radius 1 is 0.284 bits per heavy atom. The van der Waals surface area contributed by atoms with E-state index in [1.807, 2.05) is 0 Å². The molecule has 14 rings (SSSR count). The predicted octanol–water partition coefficient (Wildman–Crippen LogP) is 16.8. The second kappa shape index (κ2) is 13.9. The second-order valence-corrected chi connectivity index (χ2v) is 19.0. The van der Waals surface area contributed by atoms with Crippen molar-refractivity contribution in [1.29, 1.82) is 0 Å². The number of benzene rings is 10. The van der Waals surface area contributed by atoms with Crippen LogP contribution in [0.5, 0.6) is 0 Å². The van der Waals surface area contributed by atoms with Gasteiger partial charge in [0.05, 0.1) is 27.5 Å². The Morgan fingerprint density at radius 2 is 0.672 bits per heavy atom. The fourth-order valence-electron chi connectivity index (χ4n) is 12.6. The molecule has 0 saturated heterocycles. The van der Waals surface area contributed by atoms with Crippen molar-refractivity contribution in [1.82, 2.24) is 9.13 Å². The number of fused-ring (bicyclic) bond motifs is 16. The molecule has 2 aromatic heterocycles. The van der Waals surface area contributed by atoms with Crippen molar-refractivity contribution in [3.05, 3.63) is 251 Å². The third-order valence-electron chi connectivity index (χ3n) is 15.5. The van der Waals surface area contributed by atoms with Crippen LogP contribution < -0.4 is 0 Å². The summed E-state index contributed by atoms with van der Waals surface area (Å²) in [5.41, 5.74) is 27.4. The van der Waals surface area contributed by atoms with Gasteiger partial charge in [-0.05, 0) is 177 Å². The minimum Gasteiger partial charge on any atom is -0.309 e. The van der Waals surface area contributed by atoms with Crippen molar-refractivity contribution < 1.29 is 0 Å². The zero-order chi connectivity index (χ0) is 44.7. The Bertz CT molecular complexity index is 3830. The third kappa shape index (κ3) is 5.10. The Kier molecular flexibility index (Phi) is 7.91. The highest BCUT2D eigenvalue weighted by atomic mass is 15.0. The molecule has 0 atom stereocenters. The van der Waals surface area contributed by atoms with Gasteiger partial charge in [0.1, 0.15) is 0 Å². The maximum atomic E-state index is 2.53. The van der Waals surface area contributed by atoms with Crippen LogP contribution in [-0.2, 0) is 5.41 Å². The molecule has 0 saturated carbocycles. The van der Waals surface area contributed by atoms with Crippen LogP contribution in [0.2, 0.25) is 0 Å². The summed E-state index contributed by atoms with van der Waals surface area (Å²) in [5.74, 6) is 0. The molecule has 0 bridgehead atoms. The predicted molar refractivity (Wildman–Crippen MR) is 281 cm³/mol. The highest BCUT2D eigenvalue weighted by Gasteiger charge is 2.52. The van der Waals surface area contributed by atoms with E-state index in [2.05, 4.69) is 243 Å². The Hall–Kier alpha value is -8.20. The van der Waals surface area contributed by atoms with E-state index in [0.29, 0.717) is 0 Å². The average molecular weight is 855 g/mol. The van der Waals surface area contributed by atoms with Gasteiger partial charge in [0.2, 0.25) is 0 Å². The Labute approximate surface area is 390 Å². The van der Waals surface area contributed by atoms with Crippen LogP contribution in [0, 0.1) is 27.7 Å². The van der Waals surface area contributed by atoms with Crippen molar-refractivity contribution in [2.45, 2.75) is 33.1 Å². The number of aryl methyl sites for hydroxylation is 4. The first kappa shape index (κ1) is 38.1. The van der Waals surface area contributed by atoms with E-state index in [-0.39, 0.29) is 0 Å². The van der Waals surface area contributed by atoms with Crippen molar-refractivity contribution in [2.24, 2.45) is 0 Å². The molecule has 12 aromatic rings. The number of hydrogen-bond donors (Lipinski definition) is 0. The fraction of sp³-hybridized carbons (Fsp3) is 0.0769. The summed E-state index contributed by atoms with van der Waals surface area (Å²) in [7, 11) is 0. The first-order chi connectivity index (χ1) is 32.9. The molecule has 0 radical (unpaired) electrons. The lowest BCUT2D eigenvalue weighted by molar-refractivity contribution is 0.791. The molecule has 2 heterocycles. The SMILES string of the molecule is Cc1ccccc1-c1ccc2c(c1)c1c(C)cccc1n2-c1ccc2c(c1)C1(c3ccccc3-c3ccccc31)c1cc(-n3c4ccc(-c5ccccc5C)cc4c4c(C)cccc43)ccc1-2. The van der Waals surface area contributed by atoms with E-state index >= 15 is 0 Å². The van der Waals surface area contributed by atoms with Crippen LogP contribution in [0.15, 0.2) is 206 Å². The molecule has 2 heteroatoms. The van der Waals surface area contributed by atoms with Gasteiger partial charge < -0.3 is 9.13 Å². The van der Waals surface area contributed by atoms with Crippen molar-refractivity contribution in [2.75, 3.05) is 0 Å². The lowest BCUT2D eigenvalue weighted by atomic mass is 9.70. The molecule has 1 spiro atoms. The summed E-state index contributed by atoms with van der Waals surface area (Å²) in [6, 6.07) is 78.1. The topological polar surface area (TPSA) is 9.86 Å². The van der Waals surface area contributed by atoms with Gasteiger partial charge in [0.15, 0.2) is 0 Å². The van der Waals surface area contributed by atoms with E-state index in [4.69, 9.17) is 0 Å². The molecular formula is C65H46N2. The van der Waals surface area contributed by atoms with E-state index in [0.717, 1.165) is 0 Å². The van der Waals surface area contributed by atoms with Crippen LogP contribution in [0.1, 0.15) is 44.5 Å². The summed E-state index contributed by atoms with van der Waals surface area (Å²) in [6.45, 7) is 8.93. The third-order valence-corrected chi connectivity index (χ3v) is 15.5. The molecule has 10 aromatic carbocycles. The molecule has 316 valence electrons. The second-order valence-electron chi connectivity index (χ2n) is 19.0. The first-order valence-electron chi connectivity index (χ1n) is 23.6. The van der Waals surface area contributed by atoms with Crippen molar-refractivity contribution in [3.63, 3.8) is 0 Å². The van der Waals surface area contributed by atoms with Gasteiger partial charge in [-0.1, -0.05) is 146 Å². The molecule has 0 aliphatic heterocycles. The van der Waals surface area contributed by atoms with E-state index in [9.17, 15) is 0 Å². The standard InChI is InChI=1S/C65H46N2/c1-39-15-5-7-19-47(39)43-27-33-59-53(35-43)63-41(3)17-13-25-61(63)66(59)45-29-31-51-52-32-30-46(38-58(52)65(57(51)37-45)55-23-11-9-21-49(55)50-22-10-12-24-56(50)65)67-60-34-28-44(48-20-8-6-16-40(48)2)36-54(60)64-42(4)18-14-26-62(64)67/h5-38H,1-4H3. The highest BCUT2D eigenvalue weighted by Crippen LogP contribution is 2.63. The number of nitrogens with zero attached hydrogens (tertiary/aromatic N) is 2. The highest BCUT2D eigenvalue weighted by molar-refractivity contribution is 6.13. The molecular weight excluding hydrogens is 809 g/mol. The molecule has 0 amide bonds. The van der Waals surface area contributed by atoms with Crippen LogP contribution in [0.25, 0.3) is 99.5 Å².